The quantitative estimate of drug-likeness (QED) is 0.523. The van der Waals surface area contributed by atoms with Crippen molar-refractivity contribution in [2.75, 3.05) is 5.75 Å². The lowest BCUT2D eigenvalue weighted by Crippen LogP contribution is -2.28. The molecular weight excluding hydrogens is 336 g/mol. The third kappa shape index (κ3) is 3.43. The Balaban J connectivity index is 1.70. The van der Waals surface area contributed by atoms with Crippen molar-refractivity contribution in [3.05, 3.63) is 47.5 Å². The van der Waals surface area contributed by atoms with Gasteiger partial charge >= 0.3 is 0 Å². The van der Waals surface area contributed by atoms with Crippen molar-refractivity contribution in [1.82, 2.24) is 9.97 Å². The summed E-state index contributed by atoms with van der Waals surface area (Å²) in [6, 6.07) is 5.26. The van der Waals surface area contributed by atoms with Crippen LogP contribution in [0, 0.1) is 5.92 Å². The first-order valence-corrected chi connectivity index (χ1v) is 8.15. The molecule has 0 saturated carbocycles. The third-order valence-electron chi connectivity index (χ3n) is 3.31. The highest BCUT2D eigenvalue weighted by atomic mass is 35.5. The van der Waals surface area contributed by atoms with Crippen molar-refractivity contribution < 1.29 is 14.4 Å². The summed E-state index contributed by atoms with van der Waals surface area (Å²) in [5.41, 5.74) is 1.52. The Morgan fingerprint density at radius 2 is 2.13 bits per heavy atom. The van der Waals surface area contributed by atoms with Crippen LogP contribution in [0.4, 0.5) is 0 Å². The number of H-pyrrole nitrogens is 1. The average Bonchev–Trinajstić information content (AvgIpc) is 2.85. The number of carbonyl (C=O) groups is 3. The van der Waals surface area contributed by atoms with E-state index in [4.69, 9.17) is 11.6 Å². The Hall–Kier alpha value is -2.18. The van der Waals surface area contributed by atoms with Crippen molar-refractivity contribution >= 4 is 51.7 Å². The van der Waals surface area contributed by atoms with Gasteiger partial charge in [0.25, 0.3) is 0 Å². The first kappa shape index (κ1) is 15.7. The van der Waals surface area contributed by atoms with E-state index >= 15 is 0 Å². The normalized spacial score (nSPS) is 17.7. The molecule has 1 aromatic carbocycles. The lowest BCUT2D eigenvalue weighted by Gasteiger charge is -2.06. The van der Waals surface area contributed by atoms with Crippen molar-refractivity contribution in [2.24, 2.45) is 5.92 Å². The lowest BCUT2D eigenvalue weighted by molar-refractivity contribution is -0.138. The van der Waals surface area contributed by atoms with Gasteiger partial charge in [0.2, 0.25) is 11.6 Å². The standard InChI is InChI=1S/C16H11ClN2O3S/c17-9-5-6-11-12(7-9)19-16(18-11)23-8-14(21)10-3-1-2-4-13(20)15(10)22/h1-7,10H,8H2,(H,18,19). The summed E-state index contributed by atoms with van der Waals surface area (Å²) < 4.78 is 0. The molecule has 1 N–H and O–H groups in total. The van der Waals surface area contributed by atoms with Crippen LogP contribution in [0.5, 0.6) is 0 Å². The number of hydrogen-bond acceptors (Lipinski definition) is 5. The van der Waals surface area contributed by atoms with Crippen LogP contribution in [0.15, 0.2) is 47.7 Å². The number of carbonyl (C=O) groups excluding carboxylic acids is 3. The van der Waals surface area contributed by atoms with Gasteiger partial charge in [0.15, 0.2) is 10.9 Å². The first-order valence-electron chi connectivity index (χ1n) is 6.78. The summed E-state index contributed by atoms with van der Waals surface area (Å²) in [5.74, 6) is -2.66. The summed E-state index contributed by atoms with van der Waals surface area (Å²) in [6.45, 7) is 0. The zero-order chi connectivity index (χ0) is 16.4. The number of benzene rings is 1. The molecule has 0 aliphatic heterocycles. The molecule has 23 heavy (non-hydrogen) atoms. The Morgan fingerprint density at radius 1 is 1.30 bits per heavy atom. The van der Waals surface area contributed by atoms with Crippen LogP contribution in [-0.4, -0.2) is 33.1 Å². The predicted molar refractivity (Wildman–Crippen MR) is 88.6 cm³/mol. The van der Waals surface area contributed by atoms with Crippen molar-refractivity contribution in [2.45, 2.75) is 5.16 Å². The van der Waals surface area contributed by atoms with Gasteiger partial charge in [0.1, 0.15) is 5.92 Å². The topological polar surface area (TPSA) is 79.9 Å². The number of aromatic nitrogens is 2. The number of aromatic amines is 1. The molecule has 3 rings (SSSR count). The van der Waals surface area contributed by atoms with E-state index in [-0.39, 0.29) is 11.5 Å². The molecule has 0 fully saturated rings. The van der Waals surface area contributed by atoms with Gasteiger partial charge in [-0.3, -0.25) is 14.4 Å². The molecule has 1 atom stereocenters. The van der Waals surface area contributed by atoms with E-state index in [0.29, 0.717) is 10.2 Å². The molecule has 1 aromatic heterocycles. The minimum atomic E-state index is -1.02. The molecule has 1 unspecified atom stereocenters. The van der Waals surface area contributed by atoms with E-state index in [1.165, 1.54) is 30.0 Å². The number of ketones is 3. The number of thioether (sulfide) groups is 1. The van der Waals surface area contributed by atoms with Crippen LogP contribution >= 0.6 is 23.4 Å². The van der Waals surface area contributed by atoms with Crippen LogP contribution in [0.25, 0.3) is 11.0 Å². The Labute approximate surface area is 140 Å². The third-order valence-corrected chi connectivity index (χ3v) is 4.44. The predicted octanol–water partition coefficient (Wildman–Crippen LogP) is 2.76. The average molecular weight is 347 g/mol. The monoisotopic (exact) mass is 346 g/mol. The van der Waals surface area contributed by atoms with Gasteiger partial charge in [-0.25, -0.2) is 4.98 Å². The number of imidazole rings is 1. The molecular formula is C16H11ClN2O3S. The molecule has 1 heterocycles. The number of rotatable bonds is 4. The van der Waals surface area contributed by atoms with Crippen LogP contribution in [-0.2, 0) is 14.4 Å². The van der Waals surface area contributed by atoms with Gasteiger partial charge in [0.05, 0.1) is 16.8 Å². The number of hydrogen-bond donors (Lipinski definition) is 1. The maximum atomic E-state index is 12.2. The maximum Gasteiger partial charge on any atom is 0.222 e. The van der Waals surface area contributed by atoms with Crippen LogP contribution < -0.4 is 0 Å². The molecule has 5 nitrogen and oxygen atoms in total. The van der Waals surface area contributed by atoms with E-state index in [9.17, 15) is 14.4 Å². The maximum absolute atomic E-state index is 12.2. The number of nitrogens with zero attached hydrogens (tertiary/aromatic N) is 1. The van der Waals surface area contributed by atoms with Crippen LogP contribution in [0.2, 0.25) is 5.02 Å². The smallest absolute Gasteiger partial charge is 0.222 e. The van der Waals surface area contributed by atoms with Gasteiger partial charge < -0.3 is 4.98 Å². The summed E-state index contributed by atoms with van der Waals surface area (Å²) in [4.78, 5) is 43.0. The van der Waals surface area contributed by atoms with E-state index in [2.05, 4.69) is 9.97 Å². The summed E-state index contributed by atoms with van der Waals surface area (Å²) in [5, 5.41) is 1.15. The first-order chi connectivity index (χ1) is 11.0. The fraction of sp³-hybridized carbons (Fsp3) is 0.125. The van der Waals surface area contributed by atoms with Gasteiger partial charge in [-0.2, -0.15) is 0 Å². The number of nitrogens with one attached hydrogen (secondary N) is 1. The second-order valence-corrected chi connectivity index (χ2v) is 6.31. The van der Waals surface area contributed by atoms with E-state index in [0.717, 1.165) is 11.0 Å². The Morgan fingerprint density at radius 3 is 2.96 bits per heavy atom. The number of allylic oxidation sites excluding steroid dienone is 4. The van der Waals surface area contributed by atoms with E-state index < -0.39 is 17.5 Å². The zero-order valence-corrected chi connectivity index (χ0v) is 13.4. The fourth-order valence-electron chi connectivity index (χ4n) is 2.15. The molecule has 116 valence electrons. The van der Waals surface area contributed by atoms with Gasteiger partial charge in [-0.15, -0.1) is 0 Å². The minimum Gasteiger partial charge on any atom is -0.333 e. The molecule has 7 heteroatoms. The highest BCUT2D eigenvalue weighted by Crippen LogP contribution is 2.23. The number of fused-ring (bicyclic) bond motifs is 1. The summed E-state index contributed by atoms with van der Waals surface area (Å²) in [7, 11) is 0. The minimum absolute atomic E-state index is 0.0432. The van der Waals surface area contributed by atoms with Gasteiger partial charge in [-0.05, 0) is 24.3 Å². The molecule has 0 amide bonds. The molecule has 0 bridgehead atoms. The SMILES string of the molecule is O=C1C=CC=CC(C(=O)CSc2nc3ccc(Cl)cc3[nH]2)C1=O. The van der Waals surface area contributed by atoms with Crippen molar-refractivity contribution in [3.8, 4) is 0 Å². The van der Waals surface area contributed by atoms with Crippen LogP contribution in [0.1, 0.15) is 0 Å². The second kappa shape index (κ2) is 6.52. The highest BCUT2D eigenvalue weighted by Gasteiger charge is 2.28. The molecule has 2 aromatic rings. The van der Waals surface area contributed by atoms with Gasteiger partial charge in [0, 0.05) is 5.02 Å². The summed E-state index contributed by atoms with van der Waals surface area (Å²) >= 11 is 7.10. The molecule has 1 aliphatic carbocycles. The van der Waals surface area contributed by atoms with E-state index in [1.54, 1.807) is 24.3 Å². The number of Topliss-reactive ketones (excluding diaryl/α,β-unsaturated/α-hetero) is 2. The van der Waals surface area contributed by atoms with Crippen molar-refractivity contribution in [3.63, 3.8) is 0 Å². The zero-order valence-electron chi connectivity index (χ0n) is 11.8. The summed E-state index contributed by atoms with van der Waals surface area (Å²) in [6.07, 6.45) is 5.62. The molecule has 0 spiro atoms. The Kier molecular flexibility index (Phi) is 4.45. The van der Waals surface area contributed by atoms with E-state index in [1.807, 2.05) is 0 Å². The highest BCUT2D eigenvalue weighted by molar-refractivity contribution is 7.99. The van der Waals surface area contributed by atoms with Crippen LogP contribution in [0.3, 0.4) is 0 Å². The van der Waals surface area contributed by atoms with Gasteiger partial charge in [-0.1, -0.05) is 41.6 Å². The van der Waals surface area contributed by atoms with Crippen molar-refractivity contribution in [1.29, 1.82) is 0 Å². The molecule has 0 radical (unpaired) electrons. The largest absolute Gasteiger partial charge is 0.333 e. The number of halogens is 1. The second-order valence-electron chi connectivity index (χ2n) is 4.91. The molecule has 0 saturated heterocycles. The Bertz CT molecular complexity index is 869. The fourth-order valence-corrected chi connectivity index (χ4v) is 3.13. The molecule has 1 aliphatic rings. The lowest BCUT2D eigenvalue weighted by atomic mass is 9.98.